The van der Waals surface area contributed by atoms with Gasteiger partial charge in [0.1, 0.15) is 0 Å². The number of anilines is 2. The van der Waals surface area contributed by atoms with E-state index < -0.39 is 0 Å². The normalized spacial score (nSPS) is 10.7. The van der Waals surface area contributed by atoms with Crippen molar-refractivity contribution in [1.82, 2.24) is 9.97 Å². The van der Waals surface area contributed by atoms with Crippen molar-refractivity contribution < 1.29 is 4.79 Å². The number of thiazole rings is 1. The molecule has 0 saturated carbocycles. The lowest BCUT2D eigenvalue weighted by atomic mass is 10.2. The summed E-state index contributed by atoms with van der Waals surface area (Å²) in [5.41, 5.74) is 8.71. The molecule has 0 aliphatic rings. The van der Waals surface area contributed by atoms with Gasteiger partial charge in [-0.05, 0) is 36.8 Å². The molecule has 0 aliphatic heterocycles. The van der Waals surface area contributed by atoms with E-state index in [4.69, 9.17) is 5.73 Å². The number of carbonyl (C=O) groups excluding carboxylic acids is 1. The first-order chi connectivity index (χ1) is 9.61. The number of benzene rings is 1. The number of hydrogen-bond acceptors (Lipinski definition) is 5. The minimum Gasteiger partial charge on any atom is -0.375 e. The highest BCUT2D eigenvalue weighted by atomic mass is 32.1. The van der Waals surface area contributed by atoms with Crippen LogP contribution < -0.4 is 11.1 Å². The van der Waals surface area contributed by atoms with Crippen molar-refractivity contribution in [2.75, 3.05) is 11.1 Å². The molecule has 0 radical (unpaired) electrons. The number of aryl methyl sites for hydroxylation is 1. The fourth-order valence-electron chi connectivity index (χ4n) is 1.91. The van der Waals surface area contributed by atoms with Crippen LogP contribution in [-0.4, -0.2) is 15.9 Å². The van der Waals surface area contributed by atoms with Crippen LogP contribution in [0.5, 0.6) is 0 Å². The first kappa shape index (κ1) is 12.6. The zero-order valence-corrected chi connectivity index (χ0v) is 11.6. The molecule has 20 heavy (non-hydrogen) atoms. The maximum absolute atomic E-state index is 12.2. The number of carbonyl (C=O) groups is 1. The molecule has 5 nitrogen and oxygen atoms in total. The molecule has 6 heteroatoms. The van der Waals surface area contributed by atoms with E-state index >= 15 is 0 Å². The van der Waals surface area contributed by atoms with Gasteiger partial charge in [-0.25, -0.2) is 4.98 Å². The Labute approximate surface area is 119 Å². The maximum atomic E-state index is 12.2. The molecule has 3 N–H and O–H groups in total. The van der Waals surface area contributed by atoms with Crippen molar-refractivity contribution in [1.29, 1.82) is 0 Å². The molecule has 0 aliphatic carbocycles. The number of hydrogen-bond donors (Lipinski definition) is 2. The van der Waals surface area contributed by atoms with Crippen molar-refractivity contribution in [2.24, 2.45) is 0 Å². The van der Waals surface area contributed by atoms with Gasteiger partial charge in [-0.2, -0.15) is 0 Å². The fraction of sp³-hybridized carbons (Fsp3) is 0.0714. The van der Waals surface area contributed by atoms with Crippen LogP contribution in [0.15, 0.2) is 36.7 Å². The summed E-state index contributed by atoms with van der Waals surface area (Å²) in [6, 6.07) is 7.20. The highest BCUT2D eigenvalue weighted by Gasteiger charge is 2.09. The summed E-state index contributed by atoms with van der Waals surface area (Å²) in [6.07, 6.45) is 3.36. The van der Waals surface area contributed by atoms with Gasteiger partial charge < -0.3 is 11.1 Å². The van der Waals surface area contributed by atoms with Gasteiger partial charge in [0.15, 0.2) is 5.13 Å². The largest absolute Gasteiger partial charge is 0.375 e. The molecule has 2 aromatic heterocycles. The average Bonchev–Trinajstić information content (AvgIpc) is 2.77. The van der Waals surface area contributed by atoms with Crippen molar-refractivity contribution >= 4 is 38.3 Å². The molecule has 1 aromatic carbocycles. The summed E-state index contributed by atoms with van der Waals surface area (Å²) in [7, 11) is 0. The number of nitrogens with two attached hydrogens (primary N) is 1. The third-order valence-corrected chi connectivity index (χ3v) is 3.65. The Bertz CT molecular complexity index is 797. The molecule has 0 bridgehead atoms. The van der Waals surface area contributed by atoms with Crippen LogP contribution in [-0.2, 0) is 0 Å². The lowest BCUT2D eigenvalue weighted by Gasteiger charge is -2.05. The van der Waals surface area contributed by atoms with Gasteiger partial charge in [0.25, 0.3) is 5.91 Å². The molecule has 0 spiro atoms. The summed E-state index contributed by atoms with van der Waals surface area (Å²) < 4.78 is 0.900. The number of nitrogen functional groups attached to an aromatic ring is 1. The van der Waals surface area contributed by atoms with E-state index in [0.29, 0.717) is 16.4 Å². The van der Waals surface area contributed by atoms with Crippen molar-refractivity contribution in [3.63, 3.8) is 0 Å². The van der Waals surface area contributed by atoms with Crippen molar-refractivity contribution in [3.8, 4) is 0 Å². The van der Waals surface area contributed by atoms with Gasteiger partial charge in [-0.3, -0.25) is 9.78 Å². The fourth-order valence-corrected chi connectivity index (χ4v) is 2.68. The number of nitrogens with zero attached hydrogens (tertiary/aromatic N) is 2. The highest BCUT2D eigenvalue weighted by molar-refractivity contribution is 7.22. The lowest BCUT2D eigenvalue weighted by molar-refractivity contribution is 0.102. The van der Waals surface area contributed by atoms with Gasteiger partial charge in [0.2, 0.25) is 0 Å². The van der Waals surface area contributed by atoms with E-state index in [1.807, 2.05) is 13.0 Å². The molecule has 0 unspecified atom stereocenters. The van der Waals surface area contributed by atoms with Gasteiger partial charge >= 0.3 is 0 Å². The van der Waals surface area contributed by atoms with Gasteiger partial charge in [0.05, 0.1) is 22.1 Å². The Morgan fingerprint density at radius 3 is 2.95 bits per heavy atom. The molecule has 3 aromatic rings. The molecular formula is C14H12N4OS. The molecule has 3 rings (SSSR count). The van der Waals surface area contributed by atoms with Crippen LogP contribution in [0.3, 0.4) is 0 Å². The summed E-state index contributed by atoms with van der Waals surface area (Å²) in [6.45, 7) is 1.93. The van der Waals surface area contributed by atoms with Crippen molar-refractivity contribution in [3.05, 3.63) is 47.8 Å². The summed E-state index contributed by atoms with van der Waals surface area (Å²) in [5.74, 6) is -0.175. The predicted molar refractivity (Wildman–Crippen MR) is 81.0 cm³/mol. The van der Waals surface area contributed by atoms with Crippen LogP contribution in [0.1, 0.15) is 15.9 Å². The van der Waals surface area contributed by atoms with E-state index in [2.05, 4.69) is 15.3 Å². The number of rotatable bonds is 2. The standard InChI is InChI=1S/C14H12N4OS/c1-8-4-10(7-16-6-8)17-13(19)9-2-3-11-12(5-9)20-14(15)18-11/h2-7H,1H3,(H2,15,18)(H,17,19). The quantitative estimate of drug-likeness (QED) is 0.758. The van der Waals surface area contributed by atoms with E-state index in [1.54, 1.807) is 30.6 Å². The Balaban J connectivity index is 1.88. The summed E-state index contributed by atoms with van der Waals surface area (Å²) in [5, 5.41) is 3.32. The Morgan fingerprint density at radius 1 is 1.30 bits per heavy atom. The van der Waals surface area contributed by atoms with Gasteiger partial charge in [-0.15, -0.1) is 0 Å². The smallest absolute Gasteiger partial charge is 0.255 e. The monoisotopic (exact) mass is 284 g/mol. The summed E-state index contributed by atoms with van der Waals surface area (Å²) in [4.78, 5) is 20.4. The Hall–Kier alpha value is -2.47. The maximum Gasteiger partial charge on any atom is 0.255 e. The highest BCUT2D eigenvalue weighted by Crippen LogP contribution is 2.24. The van der Waals surface area contributed by atoms with Crippen LogP contribution >= 0.6 is 11.3 Å². The van der Waals surface area contributed by atoms with Gasteiger partial charge in [0, 0.05) is 11.8 Å². The average molecular weight is 284 g/mol. The van der Waals surface area contributed by atoms with Crippen LogP contribution in [0.25, 0.3) is 10.2 Å². The summed E-state index contributed by atoms with van der Waals surface area (Å²) >= 11 is 1.37. The molecule has 2 heterocycles. The van der Waals surface area contributed by atoms with Crippen LogP contribution in [0.2, 0.25) is 0 Å². The van der Waals surface area contributed by atoms with E-state index in [0.717, 1.165) is 15.8 Å². The number of aromatic nitrogens is 2. The zero-order valence-electron chi connectivity index (χ0n) is 10.8. The third-order valence-electron chi connectivity index (χ3n) is 2.80. The molecule has 1 amide bonds. The molecule has 0 fully saturated rings. The molecular weight excluding hydrogens is 272 g/mol. The first-order valence-electron chi connectivity index (χ1n) is 6.01. The first-order valence-corrected chi connectivity index (χ1v) is 6.82. The van der Waals surface area contributed by atoms with Crippen LogP contribution in [0.4, 0.5) is 10.8 Å². The molecule has 0 atom stereocenters. The second-order valence-corrected chi connectivity index (χ2v) is 5.50. The number of amides is 1. The van der Waals surface area contributed by atoms with E-state index in [1.165, 1.54) is 11.3 Å². The second kappa shape index (κ2) is 4.90. The van der Waals surface area contributed by atoms with E-state index in [9.17, 15) is 4.79 Å². The van der Waals surface area contributed by atoms with E-state index in [-0.39, 0.29) is 5.91 Å². The molecule has 100 valence electrons. The lowest BCUT2D eigenvalue weighted by Crippen LogP contribution is -2.11. The Morgan fingerprint density at radius 2 is 2.15 bits per heavy atom. The van der Waals surface area contributed by atoms with Crippen LogP contribution in [0, 0.1) is 6.92 Å². The SMILES string of the molecule is Cc1cncc(NC(=O)c2ccc3nc(N)sc3c2)c1. The third kappa shape index (κ3) is 2.46. The molecule has 0 saturated heterocycles. The van der Waals surface area contributed by atoms with Crippen molar-refractivity contribution in [2.45, 2.75) is 6.92 Å². The Kier molecular flexibility index (Phi) is 3.08. The number of pyridine rings is 1. The minimum absolute atomic E-state index is 0.175. The topological polar surface area (TPSA) is 80.9 Å². The zero-order chi connectivity index (χ0) is 14.1. The number of nitrogens with one attached hydrogen (secondary N) is 1. The second-order valence-electron chi connectivity index (χ2n) is 4.44. The predicted octanol–water partition coefficient (Wildman–Crippen LogP) is 2.83. The minimum atomic E-state index is -0.175. The van der Waals surface area contributed by atoms with Gasteiger partial charge in [-0.1, -0.05) is 11.3 Å². The number of fused-ring (bicyclic) bond motifs is 1.